The highest BCUT2D eigenvalue weighted by Gasteiger charge is 2.22. The summed E-state index contributed by atoms with van der Waals surface area (Å²) in [6.07, 6.45) is 3.41. The molecule has 0 aromatic carbocycles. The van der Waals surface area contributed by atoms with E-state index in [0.29, 0.717) is 10.9 Å². The van der Waals surface area contributed by atoms with Gasteiger partial charge in [0.1, 0.15) is 11.2 Å². The molecule has 3 rings (SSSR count). The molecule has 7 nitrogen and oxygen atoms in total. The number of piperidine rings is 1. The van der Waals surface area contributed by atoms with E-state index >= 15 is 0 Å². The smallest absolute Gasteiger partial charge is 0.263 e. The predicted octanol–water partition coefficient (Wildman–Crippen LogP) is 0.594. The van der Waals surface area contributed by atoms with Gasteiger partial charge in [-0.3, -0.25) is 4.79 Å². The molecule has 0 spiro atoms. The summed E-state index contributed by atoms with van der Waals surface area (Å²) in [5.74, 6) is -0.0513. The molecule has 1 amide bonds. The number of carbonyl (C=O) groups is 1. The third kappa shape index (κ3) is 2.70. The van der Waals surface area contributed by atoms with Crippen molar-refractivity contribution in [1.82, 2.24) is 30.8 Å². The normalized spacial score (nSPS) is 22.6. The first-order valence-corrected chi connectivity index (χ1v) is 7.47. The lowest BCUT2D eigenvalue weighted by molar-refractivity contribution is 0.0929. The van der Waals surface area contributed by atoms with Gasteiger partial charge in [0.05, 0.1) is 5.69 Å². The Labute approximate surface area is 120 Å². The maximum atomic E-state index is 12.4. The number of amides is 1. The largest absolute Gasteiger partial charge is 0.348 e. The van der Waals surface area contributed by atoms with Crippen LogP contribution in [0, 0.1) is 0 Å². The monoisotopic (exact) mass is 292 g/mol. The summed E-state index contributed by atoms with van der Waals surface area (Å²) < 4.78 is 1.51. The number of aromatic nitrogens is 4. The first-order valence-electron chi connectivity index (χ1n) is 6.59. The van der Waals surface area contributed by atoms with Crippen LogP contribution in [0.15, 0.2) is 17.8 Å². The van der Waals surface area contributed by atoms with Crippen LogP contribution in [0.3, 0.4) is 0 Å². The van der Waals surface area contributed by atoms with Crippen LogP contribution in [0.25, 0.3) is 5.69 Å². The lowest BCUT2D eigenvalue weighted by Gasteiger charge is -2.28. The van der Waals surface area contributed by atoms with Crippen LogP contribution in [-0.2, 0) is 0 Å². The molecule has 2 aromatic rings. The summed E-state index contributed by atoms with van der Waals surface area (Å²) in [4.78, 5) is 13.0. The third-order valence-electron chi connectivity index (χ3n) is 3.41. The van der Waals surface area contributed by atoms with Crippen molar-refractivity contribution in [3.63, 3.8) is 0 Å². The molecule has 8 heteroatoms. The van der Waals surface area contributed by atoms with Crippen LogP contribution in [0.4, 0.5) is 0 Å². The number of hydrogen-bond acceptors (Lipinski definition) is 6. The van der Waals surface area contributed by atoms with Crippen molar-refractivity contribution >= 4 is 17.2 Å². The SMILES string of the molecule is CC1CC(NC(=O)c2sccc2-n2cnnn2)CCN1. The zero-order chi connectivity index (χ0) is 13.9. The van der Waals surface area contributed by atoms with Gasteiger partial charge in [0.2, 0.25) is 0 Å². The third-order valence-corrected chi connectivity index (χ3v) is 4.31. The Morgan fingerprint density at radius 1 is 1.60 bits per heavy atom. The van der Waals surface area contributed by atoms with E-state index in [0.717, 1.165) is 25.1 Å². The molecule has 0 saturated carbocycles. The van der Waals surface area contributed by atoms with Gasteiger partial charge in [-0.2, -0.15) is 4.68 Å². The van der Waals surface area contributed by atoms with Crippen molar-refractivity contribution in [2.45, 2.75) is 31.8 Å². The Hall–Kier alpha value is -1.80. The van der Waals surface area contributed by atoms with Crippen molar-refractivity contribution in [3.05, 3.63) is 22.7 Å². The van der Waals surface area contributed by atoms with Crippen molar-refractivity contribution in [2.24, 2.45) is 0 Å². The highest BCUT2D eigenvalue weighted by Crippen LogP contribution is 2.20. The van der Waals surface area contributed by atoms with E-state index in [-0.39, 0.29) is 11.9 Å². The maximum absolute atomic E-state index is 12.4. The minimum atomic E-state index is -0.0513. The summed E-state index contributed by atoms with van der Waals surface area (Å²) in [6, 6.07) is 2.51. The minimum Gasteiger partial charge on any atom is -0.348 e. The number of carbonyl (C=O) groups excluding carboxylic acids is 1. The van der Waals surface area contributed by atoms with Gasteiger partial charge in [0.25, 0.3) is 5.91 Å². The molecule has 2 aromatic heterocycles. The van der Waals surface area contributed by atoms with E-state index in [9.17, 15) is 4.79 Å². The number of tetrazole rings is 1. The molecule has 2 N–H and O–H groups in total. The lowest BCUT2D eigenvalue weighted by Crippen LogP contribution is -2.46. The number of rotatable bonds is 3. The Morgan fingerprint density at radius 2 is 2.50 bits per heavy atom. The predicted molar refractivity (Wildman–Crippen MR) is 75.0 cm³/mol. The Morgan fingerprint density at radius 3 is 3.25 bits per heavy atom. The summed E-state index contributed by atoms with van der Waals surface area (Å²) >= 11 is 1.40. The fraction of sp³-hybridized carbons (Fsp3) is 0.500. The average Bonchev–Trinajstić information content (AvgIpc) is 3.09. The second-order valence-electron chi connectivity index (χ2n) is 4.94. The van der Waals surface area contributed by atoms with E-state index in [4.69, 9.17) is 0 Å². The van der Waals surface area contributed by atoms with Gasteiger partial charge < -0.3 is 10.6 Å². The van der Waals surface area contributed by atoms with Crippen molar-refractivity contribution in [3.8, 4) is 5.69 Å². The quantitative estimate of drug-likeness (QED) is 0.865. The van der Waals surface area contributed by atoms with E-state index in [1.807, 2.05) is 11.4 Å². The van der Waals surface area contributed by atoms with E-state index < -0.39 is 0 Å². The van der Waals surface area contributed by atoms with E-state index in [1.54, 1.807) is 0 Å². The number of hydrogen-bond donors (Lipinski definition) is 2. The van der Waals surface area contributed by atoms with Crippen LogP contribution < -0.4 is 10.6 Å². The average molecular weight is 292 g/mol. The fourth-order valence-corrected chi connectivity index (χ4v) is 3.22. The van der Waals surface area contributed by atoms with Gasteiger partial charge in [-0.1, -0.05) is 0 Å². The maximum Gasteiger partial charge on any atom is 0.263 e. The van der Waals surface area contributed by atoms with Crippen molar-refractivity contribution < 1.29 is 4.79 Å². The molecule has 1 aliphatic heterocycles. The zero-order valence-corrected chi connectivity index (χ0v) is 11.9. The summed E-state index contributed by atoms with van der Waals surface area (Å²) in [5, 5.41) is 19.4. The molecule has 2 unspecified atom stereocenters. The molecule has 106 valence electrons. The van der Waals surface area contributed by atoms with Crippen molar-refractivity contribution in [1.29, 1.82) is 0 Å². The molecule has 0 bridgehead atoms. The lowest BCUT2D eigenvalue weighted by atomic mass is 10.0. The van der Waals surface area contributed by atoms with Gasteiger partial charge in [-0.25, -0.2) is 0 Å². The molecule has 20 heavy (non-hydrogen) atoms. The molecule has 2 atom stereocenters. The molecule has 1 fully saturated rings. The Kier molecular flexibility index (Phi) is 3.75. The first kappa shape index (κ1) is 13.2. The topological polar surface area (TPSA) is 84.7 Å². The fourth-order valence-electron chi connectivity index (χ4n) is 2.44. The van der Waals surface area contributed by atoms with Gasteiger partial charge >= 0.3 is 0 Å². The molecular weight excluding hydrogens is 276 g/mol. The van der Waals surface area contributed by atoms with E-state index in [1.165, 1.54) is 22.3 Å². The molecule has 1 saturated heterocycles. The van der Waals surface area contributed by atoms with Crippen LogP contribution >= 0.6 is 11.3 Å². The molecule has 0 aliphatic carbocycles. The van der Waals surface area contributed by atoms with Crippen LogP contribution in [-0.4, -0.2) is 44.7 Å². The van der Waals surface area contributed by atoms with Gasteiger partial charge in [0.15, 0.2) is 0 Å². The highest BCUT2D eigenvalue weighted by atomic mass is 32.1. The zero-order valence-electron chi connectivity index (χ0n) is 11.1. The second-order valence-corrected chi connectivity index (χ2v) is 5.86. The second kappa shape index (κ2) is 5.68. The number of nitrogens with zero attached hydrogens (tertiary/aromatic N) is 4. The van der Waals surface area contributed by atoms with Crippen molar-refractivity contribution in [2.75, 3.05) is 6.54 Å². The summed E-state index contributed by atoms with van der Waals surface area (Å²) in [6.45, 7) is 3.08. The van der Waals surface area contributed by atoms with Crippen LogP contribution in [0.2, 0.25) is 0 Å². The summed E-state index contributed by atoms with van der Waals surface area (Å²) in [5.41, 5.74) is 0.722. The first-order chi connectivity index (χ1) is 9.74. The molecule has 3 heterocycles. The van der Waals surface area contributed by atoms with E-state index in [2.05, 4.69) is 33.1 Å². The van der Waals surface area contributed by atoms with Gasteiger partial charge in [0, 0.05) is 12.1 Å². The number of nitrogens with one attached hydrogen (secondary N) is 2. The Bertz CT molecular complexity index is 581. The van der Waals surface area contributed by atoms with Gasteiger partial charge in [-0.15, -0.1) is 16.4 Å². The molecule has 1 aliphatic rings. The van der Waals surface area contributed by atoms with Crippen LogP contribution in [0.1, 0.15) is 29.4 Å². The molecule has 0 radical (unpaired) electrons. The Balaban J connectivity index is 1.73. The standard InChI is InChI=1S/C12H16N6OS/c1-8-6-9(2-4-13-8)15-12(19)11-10(3-5-20-11)18-7-14-16-17-18/h3,5,7-9,13H,2,4,6H2,1H3,(H,15,19). The number of thiophene rings is 1. The minimum absolute atomic E-state index is 0.0513. The molecular formula is C12H16N6OS. The summed E-state index contributed by atoms with van der Waals surface area (Å²) in [7, 11) is 0. The van der Waals surface area contributed by atoms with Crippen LogP contribution in [0.5, 0.6) is 0 Å². The van der Waals surface area contributed by atoms with Gasteiger partial charge in [-0.05, 0) is 48.2 Å². The highest BCUT2D eigenvalue weighted by molar-refractivity contribution is 7.12.